The predicted octanol–water partition coefficient (Wildman–Crippen LogP) is 1.64. The van der Waals surface area contributed by atoms with E-state index in [9.17, 15) is 13.2 Å². The third-order valence-electron chi connectivity index (χ3n) is 3.75. The first-order valence-electron chi connectivity index (χ1n) is 7.10. The van der Waals surface area contributed by atoms with E-state index in [1.54, 1.807) is 12.5 Å². The Morgan fingerprint density at radius 3 is 2.68 bits per heavy atom. The van der Waals surface area contributed by atoms with Crippen LogP contribution in [0.1, 0.15) is 12.8 Å². The fourth-order valence-corrected chi connectivity index (χ4v) is 4.50. The summed E-state index contributed by atoms with van der Waals surface area (Å²) in [5.41, 5.74) is 1.66. The zero-order valence-electron chi connectivity index (χ0n) is 12.0. The van der Waals surface area contributed by atoms with Gasteiger partial charge in [-0.3, -0.25) is 4.79 Å². The van der Waals surface area contributed by atoms with Crippen LogP contribution in [0.4, 0.5) is 5.69 Å². The summed E-state index contributed by atoms with van der Waals surface area (Å²) in [4.78, 5) is 16.0. The lowest BCUT2D eigenvalue weighted by molar-refractivity contribution is -0.116. The molecule has 116 valence electrons. The van der Waals surface area contributed by atoms with Crippen molar-refractivity contribution in [2.24, 2.45) is 5.92 Å². The van der Waals surface area contributed by atoms with Crippen LogP contribution in [0.5, 0.6) is 0 Å². The average molecular weight is 319 g/mol. The number of anilines is 1. The van der Waals surface area contributed by atoms with Crippen LogP contribution in [0.2, 0.25) is 0 Å². The molecule has 1 saturated heterocycles. The van der Waals surface area contributed by atoms with Crippen LogP contribution in [-0.4, -0.2) is 35.4 Å². The van der Waals surface area contributed by atoms with Crippen molar-refractivity contribution in [3.8, 4) is 5.69 Å². The summed E-state index contributed by atoms with van der Waals surface area (Å²) in [5, 5.41) is 2.81. The molecule has 1 aromatic heterocycles. The van der Waals surface area contributed by atoms with Gasteiger partial charge in [0.25, 0.3) is 0 Å². The predicted molar refractivity (Wildman–Crippen MR) is 83.6 cm³/mol. The Morgan fingerprint density at radius 1 is 1.32 bits per heavy atom. The lowest BCUT2D eigenvalue weighted by atomic mass is 10.1. The summed E-state index contributed by atoms with van der Waals surface area (Å²) >= 11 is 0. The summed E-state index contributed by atoms with van der Waals surface area (Å²) < 4.78 is 24.7. The molecule has 1 N–H and O–H groups in total. The molecule has 0 aliphatic carbocycles. The molecule has 1 fully saturated rings. The molecular formula is C15H17N3O3S. The van der Waals surface area contributed by atoms with Crippen molar-refractivity contribution in [2.75, 3.05) is 16.8 Å². The van der Waals surface area contributed by atoms with E-state index in [1.807, 2.05) is 35.0 Å². The highest BCUT2D eigenvalue weighted by Gasteiger charge is 2.29. The number of carbonyl (C=O) groups excluding carboxylic acids is 1. The molecule has 1 aliphatic rings. The van der Waals surface area contributed by atoms with Gasteiger partial charge in [-0.25, -0.2) is 13.4 Å². The molecule has 1 amide bonds. The van der Waals surface area contributed by atoms with Crippen molar-refractivity contribution in [3.63, 3.8) is 0 Å². The third-order valence-corrected chi connectivity index (χ3v) is 5.59. The molecular weight excluding hydrogens is 302 g/mol. The first-order chi connectivity index (χ1) is 10.5. The highest BCUT2D eigenvalue weighted by atomic mass is 32.2. The van der Waals surface area contributed by atoms with Crippen LogP contribution in [0, 0.1) is 5.92 Å². The summed E-state index contributed by atoms with van der Waals surface area (Å²) in [6.45, 7) is 0. The minimum atomic E-state index is -2.93. The van der Waals surface area contributed by atoms with E-state index in [0.717, 1.165) is 5.69 Å². The van der Waals surface area contributed by atoms with E-state index in [1.165, 1.54) is 0 Å². The minimum Gasteiger partial charge on any atom is -0.326 e. The number of hydrogen-bond donors (Lipinski definition) is 1. The molecule has 22 heavy (non-hydrogen) atoms. The Hall–Kier alpha value is -2.15. The lowest BCUT2D eigenvalue weighted by Gasteiger charge is -2.09. The number of benzene rings is 1. The number of imidazole rings is 1. The number of sulfone groups is 1. The summed E-state index contributed by atoms with van der Waals surface area (Å²) in [6.07, 6.45) is 6.07. The standard InChI is InChI=1S/C15H17N3O3S/c19-15(9-12-5-8-22(20,21)10-12)17-13-1-3-14(4-2-13)18-7-6-16-11-18/h1-4,6-7,11-12H,5,8-10H2,(H,17,19). The van der Waals surface area contributed by atoms with Gasteiger partial charge >= 0.3 is 0 Å². The second-order valence-corrected chi connectivity index (χ2v) is 7.77. The SMILES string of the molecule is O=C(CC1CCS(=O)(=O)C1)Nc1ccc(-n2ccnc2)cc1. The van der Waals surface area contributed by atoms with Crippen LogP contribution in [0.25, 0.3) is 5.69 Å². The van der Waals surface area contributed by atoms with Crippen molar-refractivity contribution in [1.82, 2.24) is 9.55 Å². The number of rotatable bonds is 4. The largest absolute Gasteiger partial charge is 0.326 e. The summed E-state index contributed by atoms with van der Waals surface area (Å²) in [6, 6.07) is 7.41. The first-order valence-corrected chi connectivity index (χ1v) is 8.93. The molecule has 0 saturated carbocycles. The molecule has 1 aliphatic heterocycles. The third kappa shape index (κ3) is 3.54. The molecule has 1 atom stereocenters. The molecule has 3 rings (SSSR count). The fraction of sp³-hybridized carbons (Fsp3) is 0.333. The molecule has 6 nitrogen and oxygen atoms in total. The zero-order chi connectivity index (χ0) is 15.6. The van der Waals surface area contributed by atoms with Crippen molar-refractivity contribution >= 4 is 21.4 Å². The van der Waals surface area contributed by atoms with Gasteiger partial charge in [0.05, 0.1) is 17.8 Å². The van der Waals surface area contributed by atoms with E-state index in [4.69, 9.17) is 0 Å². The number of nitrogens with one attached hydrogen (secondary N) is 1. The Morgan fingerprint density at radius 2 is 2.09 bits per heavy atom. The van der Waals surface area contributed by atoms with E-state index in [-0.39, 0.29) is 29.8 Å². The van der Waals surface area contributed by atoms with E-state index >= 15 is 0 Å². The molecule has 0 spiro atoms. The van der Waals surface area contributed by atoms with Crippen LogP contribution >= 0.6 is 0 Å². The van der Waals surface area contributed by atoms with Crippen LogP contribution in [-0.2, 0) is 14.6 Å². The minimum absolute atomic E-state index is 0.0600. The lowest BCUT2D eigenvalue weighted by Crippen LogP contribution is -2.17. The van der Waals surface area contributed by atoms with Crippen molar-refractivity contribution in [2.45, 2.75) is 12.8 Å². The summed E-state index contributed by atoms with van der Waals surface area (Å²) in [7, 11) is -2.93. The van der Waals surface area contributed by atoms with Gasteiger partial charge in [0.15, 0.2) is 9.84 Å². The Bertz CT molecular complexity index is 752. The van der Waals surface area contributed by atoms with Gasteiger partial charge in [0, 0.05) is 30.2 Å². The molecule has 7 heteroatoms. The number of hydrogen-bond acceptors (Lipinski definition) is 4. The van der Waals surface area contributed by atoms with E-state index in [0.29, 0.717) is 12.1 Å². The van der Waals surface area contributed by atoms with Gasteiger partial charge in [-0.2, -0.15) is 0 Å². The van der Waals surface area contributed by atoms with Gasteiger partial charge in [-0.1, -0.05) is 0 Å². The normalized spacial score (nSPS) is 19.9. The van der Waals surface area contributed by atoms with Gasteiger partial charge in [-0.05, 0) is 36.6 Å². The van der Waals surface area contributed by atoms with E-state index in [2.05, 4.69) is 10.3 Å². The van der Waals surface area contributed by atoms with Crippen LogP contribution in [0.15, 0.2) is 43.0 Å². The fourth-order valence-electron chi connectivity index (χ4n) is 2.64. The number of carbonyl (C=O) groups is 1. The highest BCUT2D eigenvalue weighted by Crippen LogP contribution is 2.22. The monoisotopic (exact) mass is 319 g/mol. The molecule has 2 heterocycles. The molecule has 0 bridgehead atoms. The highest BCUT2D eigenvalue weighted by molar-refractivity contribution is 7.91. The van der Waals surface area contributed by atoms with Crippen molar-refractivity contribution in [3.05, 3.63) is 43.0 Å². The van der Waals surface area contributed by atoms with Gasteiger partial charge in [0.2, 0.25) is 5.91 Å². The Labute approximate surface area is 129 Å². The number of aromatic nitrogens is 2. The Balaban J connectivity index is 1.58. The second-order valence-electron chi connectivity index (χ2n) is 5.54. The average Bonchev–Trinajstić information content (AvgIpc) is 3.09. The summed E-state index contributed by atoms with van der Waals surface area (Å²) in [5.74, 6) is 0.123. The van der Waals surface area contributed by atoms with Crippen LogP contribution in [0.3, 0.4) is 0 Å². The van der Waals surface area contributed by atoms with Gasteiger partial charge in [0.1, 0.15) is 0 Å². The maximum absolute atomic E-state index is 12.0. The molecule has 0 radical (unpaired) electrons. The van der Waals surface area contributed by atoms with Gasteiger partial charge in [-0.15, -0.1) is 0 Å². The molecule has 1 unspecified atom stereocenters. The topological polar surface area (TPSA) is 81.1 Å². The van der Waals surface area contributed by atoms with Crippen LogP contribution < -0.4 is 5.32 Å². The van der Waals surface area contributed by atoms with Gasteiger partial charge < -0.3 is 9.88 Å². The Kier molecular flexibility index (Phi) is 3.98. The van der Waals surface area contributed by atoms with Crippen molar-refractivity contribution < 1.29 is 13.2 Å². The smallest absolute Gasteiger partial charge is 0.224 e. The molecule has 2 aromatic rings. The quantitative estimate of drug-likeness (QED) is 0.929. The van der Waals surface area contributed by atoms with Crippen molar-refractivity contribution in [1.29, 1.82) is 0 Å². The maximum Gasteiger partial charge on any atom is 0.224 e. The van der Waals surface area contributed by atoms with E-state index < -0.39 is 9.84 Å². The number of amides is 1. The maximum atomic E-state index is 12.0. The zero-order valence-corrected chi connectivity index (χ0v) is 12.8. The molecule has 1 aromatic carbocycles. The first kappa shape index (κ1) is 14.8. The second kappa shape index (κ2) is 5.92. The number of nitrogens with zero attached hydrogens (tertiary/aromatic N) is 2.